The number of nitrogens with two attached hydrogens (primary N) is 2. The topological polar surface area (TPSA) is 85.2 Å². The molecule has 0 saturated heterocycles. The Balaban J connectivity index is 2.33. The number of nitrogen functional groups attached to an aromatic ring is 2. The van der Waals surface area contributed by atoms with Crippen molar-refractivity contribution in [1.82, 2.24) is 9.88 Å². The molecule has 7 heteroatoms. The van der Waals surface area contributed by atoms with Gasteiger partial charge in [0.15, 0.2) is 5.13 Å². The van der Waals surface area contributed by atoms with E-state index in [0.29, 0.717) is 15.5 Å². The summed E-state index contributed by atoms with van der Waals surface area (Å²) in [6, 6.07) is 5.37. The molecule has 0 aliphatic heterocycles. The Bertz CT molecular complexity index is 654. The second-order valence-electron chi connectivity index (χ2n) is 4.65. The van der Waals surface area contributed by atoms with Crippen LogP contribution in [0.5, 0.6) is 0 Å². The van der Waals surface area contributed by atoms with Gasteiger partial charge in [-0.3, -0.25) is 4.79 Å². The molecule has 1 aromatic heterocycles. The Hall–Kier alpha value is -1.63. The van der Waals surface area contributed by atoms with Crippen molar-refractivity contribution in [2.75, 3.05) is 25.6 Å². The lowest BCUT2D eigenvalue weighted by atomic mass is 10.1. The van der Waals surface area contributed by atoms with Gasteiger partial charge in [0.1, 0.15) is 10.7 Å². The molecule has 0 aliphatic rings. The molecule has 0 spiro atoms. The van der Waals surface area contributed by atoms with Crippen LogP contribution in [0.4, 0.5) is 10.9 Å². The summed E-state index contributed by atoms with van der Waals surface area (Å²) in [6.07, 6.45) is 0. The molecule has 0 radical (unpaired) electrons. The van der Waals surface area contributed by atoms with Crippen LogP contribution in [0.15, 0.2) is 18.2 Å². The minimum Gasteiger partial charge on any atom is -0.382 e. The highest BCUT2D eigenvalue weighted by atomic mass is 35.5. The van der Waals surface area contributed by atoms with E-state index in [1.807, 2.05) is 25.1 Å². The van der Waals surface area contributed by atoms with E-state index in [1.165, 1.54) is 0 Å². The molecular weight excluding hydrogens is 296 g/mol. The number of carbonyl (C=O) groups excluding carboxylic acids is 1. The third-order valence-electron chi connectivity index (χ3n) is 2.65. The Morgan fingerprint density at radius 3 is 2.60 bits per heavy atom. The number of rotatable bonds is 4. The molecule has 5 nitrogen and oxygen atoms in total. The highest BCUT2D eigenvalue weighted by molar-refractivity contribution is 7.18. The fourth-order valence-electron chi connectivity index (χ4n) is 1.84. The quantitative estimate of drug-likeness (QED) is 0.846. The van der Waals surface area contributed by atoms with Crippen molar-refractivity contribution in [3.05, 3.63) is 39.2 Å². The molecule has 1 heterocycles. The Morgan fingerprint density at radius 2 is 2.10 bits per heavy atom. The van der Waals surface area contributed by atoms with Crippen LogP contribution in [0.1, 0.15) is 20.8 Å². The molecule has 106 valence electrons. The van der Waals surface area contributed by atoms with Crippen LogP contribution in [0, 0.1) is 0 Å². The van der Waals surface area contributed by atoms with Gasteiger partial charge < -0.3 is 16.4 Å². The molecule has 1 aromatic carbocycles. The zero-order valence-corrected chi connectivity index (χ0v) is 12.8. The lowest BCUT2D eigenvalue weighted by molar-refractivity contribution is 0.104. The molecule has 2 rings (SSSR count). The van der Waals surface area contributed by atoms with E-state index < -0.39 is 0 Å². The standard InChI is InChI=1S/C13H15ClN4OS/c1-18(2)6-7-3-4-8(9(14)5-7)10(19)11-12(15)17-13(16)20-11/h3-5H,6,15H2,1-2H3,(H2,16,17). The smallest absolute Gasteiger partial charge is 0.208 e. The normalized spacial score (nSPS) is 11.0. The van der Waals surface area contributed by atoms with Crippen LogP contribution in [-0.4, -0.2) is 29.8 Å². The maximum atomic E-state index is 12.4. The summed E-state index contributed by atoms with van der Waals surface area (Å²) in [5.41, 5.74) is 12.7. The van der Waals surface area contributed by atoms with E-state index in [-0.39, 0.29) is 16.7 Å². The minimum atomic E-state index is -0.252. The summed E-state index contributed by atoms with van der Waals surface area (Å²) in [5, 5.41) is 0.673. The van der Waals surface area contributed by atoms with Gasteiger partial charge in [-0.1, -0.05) is 29.0 Å². The van der Waals surface area contributed by atoms with E-state index in [9.17, 15) is 4.79 Å². The van der Waals surface area contributed by atoms with Crippen LogP contribution in [0.2, 0.25) is 5.02 Å². The number of aromatic nitrogens is 1. The van der Waals surface area contributed by atoms with Crippen LogP contribution in [0.3, 0.4) is 0 Å². The van der Waals surface area contributed by atoms with Crippen molar-refractivity contribution < 1.29 is 4.79 Å². The van der Waals surface area contributed by atoms with Crippen molar-refractivity contribution in [2.24, 2.45) is 0 Å². The van der Waals surface area contributed by atoms with Gasteiger partial charge in [-0.15, -0.1) is 0 Å². The maximum Gasteiger partial charge on any atom is 0.208 e. The number of hydrogen-bond acceptors (Lipinski definition) is 6. The van der Waals surface area contributed by atoms with Crippen LogP contribution in [-0.2, 0) is 6.54 Å². The Labute approximate surface area is 126 Å². The van der Waals surface area contributed by atoms with Crippen LogP contribution in [0.25, 0.3) is 0 Å². The predicted molar refractivity (Wildman–Crippen MR) is 83.2 cm³/mol. The van der Waals surface area contributed by atoms with Gasteiger partial charge >= 0.3 is 0 Å². The number of benzene rings is 1. The number of hydrogen-bond donors (Lipinski definition) is 2. The zero-order chi connectivity index (χ0) is 14.9. The molecule has 0 atom stereocenters. The van der Waals surface area contributed by atoms with Gasteiger partial charge in [-0.2, -0.15) is 0 Å². The maximum absolute atomic E-state index is 12.4. The summed E-state index contributed by atoms with van der Waals surface area (Å²) >= 11 is 7.26. The second-order valence-corrected chi connectivity index (χ2v) is 6.09. The number of nitrogens with zero attached hydrogens (tertiary/aromatic N) is 2. The van der Waals surface area contributed by atoms with E-state index in [4.69, 9.17) is 23.1 Å². The molecular formula is C13H15ClN4OS. The van der Waals surface area contributed by atoms with E-state index in [1.54, 1.807) is 12.1 Å². The summed E-state index contributed by atoms with van der Waals surface area (Å²) in [7, 11) is 3.93. The Kier molecular flexibility index (Phi) is 4.27. The average Bonchev–Trinajstić information content (AvgIpc) is 2.67. The summed E-state index contributed by atoms with van der Waals surface area (Å²) in [4.78, 5) is 18.6. The highest BCUT2D eigenvalue weighted by Crippen LogP contribution is 2.28. The van der Waals surface area contributed by atoms with Crippen molar-refractivity contribution >= 4 is 39.7 Å². The number of thiazole rings is 1. The first kappa shape index (κ1) is 14.8. The highest BCUT2D eigenvalue weighted by Gasteiger charge is 2.19. The van der Waals surface area contributed by atoms with Gasteiger partial charge in [0.05, 0.1) is 5.02 Å². The predicted octanol–water partition coefficient (Wildman–Crippen LogP) is 2.25. The first-order valence-corrected chi connectivity index (χ1v) is 7.07. The fourth-order valence-corrected chi connectivity index (χ4v) is 2.84. The van der Waals surface area contributed by atoms with E-state index in [2.05, 4.69) is 4.98 Å². The molecule has 0 unspecified atom stereocenters. The third kappa shape index (κ3) is 3.09. The molecule has 0 saturated carbocycles. The third-order valence-corrected chi connectivity index (χ3v) is 3.86. The first-order chi connectivity index (χ1) is 9.38. The number of halogens is 1. The number of carbonyl (C=O) groups is 1. The van der Waals surface area contributed by atoms with Gasteiger partial charge in [0.2, 0.25) is 5.78 Å². The molecule has 0 fully saturated rings. The van der Waals surface area contributed by atoms with Crippen molar-refractivity contribution in [2.45, 2.75) is 6.54 Å². The van der Waals surface area contributed by atoms with Crippen LogP contribution >= 0.6 is 22.9 Å². The van der Waals surface area contributed by atoms with Crippen molar-refractivity contribution in [3.63, 3.8) is 0 Å². The largest absolute Gasteiger partial charge is 0.382 e. The van der Waals surface area contributed by atoms with Gasteiger partial charge in [0.25, 0.3) is 0 Å². The van der Waals surface area contributed by atoms with Crippen LogP contribution < -0.4 is 11.5 Å². The van der Waals surface area contributed by atoms with Crippen molar-refractivity contribution in [3.8, 4) is 0 Å². The monoisotopic (exact) mass is 310 g/mol. The fraction of sp³-hybridized carbons (Fsp3) is 0.231. The molecule has 20 heavy (non-hydrogen) atoms. The molecule has 0 aliphatic carbocycles. The number of ketones is 1. The van der Waals surface area contributed by atoms with E-state index >= 15 is 0 Å². The summed E-state index contributed by atoms with van der Waals surface area (Å²) in [6.45, 7) is 0.754. The van der Waals surface area contributed by atoms with Gasteiger partial charge in [-0.05, 0) is 31.8 Å². The molecule has 2 aromatic rings. The number of anilines is 2. The molecule has 0 amide bonds. The average molecular weight is 311 g/mol. The second kappa shape index (κ2) is 5.78. The SMILES string of the molecule is CN(C)Cc1ccc(C(=O)c2sc(N)nc2N)c(Cl)c1. The van der Waals surface area contributed by atoms with E-state index in [0.717, 1.165) is 23.4 Å². The Morgan fingerprint density at radius 1 is 1.40 bits per heavy atom. The summed E-state index contributed by atoms with van der Waals surface area (Å²) < 4.78 is 0. The molecule has 4 N–H and O–H groups in total. The first-order valence-electron chi connectivity index (χ1n) is 5.88. The molecule has 0 bridgehead atoms. The lowest BCUT2D eigenvalue weighted by Gasteiger charge is -2.11. The van der Waals surface area contributed by atoms with Crippen molar-refractivity contribution in [1.29, 1.82) is 0 Å². The van der Waals surface area contributed by atoms with Gasteiger partial charge in [0, 0.05) is 12.1 Å². The summed E-state index contributed by atoms with van der Waals surface area (Å²) in [5.74, 6) is -0.107. The lowest BCUT2D eigenvalue weighted by Crippen LogP contribution is -2.11. The zero-order valence-electron chi connectivity index (χ0n) is 11.2. The van der Waals surface area contributed by atoms with Gasteiger partial charge in [-0.25, -0.2) is 4.98 Å². The minimum absolute atomic E-state index is 0.144.